The lowest BCUT2D eigenvalue weighted by Gasteiger charge is -2.37. The predicted octanol–water partition coefficient (Wildman–Crippen LogP) is 3.26. The van der Waals surface area contributed by atoms with Crippen molar-refractivity contribution in [2.45, 2.75) is 44.7 Å². The Labute approximate surface area is 109 Å². The lowest BCUT2D eigenvalue weighted by molar-refractivity contribution is 0.133. The van der Waals surface area contributed by atoms with Gasteiger partial charge in [-0.1, -0.05) is 25.8 Å². The van der Waals surface area contributed by atoms with Crippen molar-refractivity contribution in [2.24, 2.45) is 11.7 Å². The van der Waals surface area contributed by atoms with Gasteiger partial charge in [-0.05, 0) is 37.3 Å². The van der Waals surface area contributed by atoms with E-state index in [9.17, 15) is 0 Å². The van der Waals surface area contributed by atoms with Crippen molar-refractivity contribution in [3.8, 4) is 0 Å². The van der Waals surface area contributed by atoms with E-state index in [2.05, 4.69) is 36.4 Å². The summed E-state index contributed by atoms with van der Waals surface area (Å²) in [5.41, 5.74) is 6.26. The molecule has 1 aliphatic carbocycles. The highest BCUT2D eigenvalue weighted by molar-refractivity contribution is 7.10. The highest BCUT2D eigenvalue weighted by atomic mass is 32.1. The van der Waals surface area contributed by atoms with Crippen molar-refractivity contribution in [1.29, 1.82) is 0 Å². The van der Waals surface area contributed by atoms with Crippen molar-refractivity contribution in [3.63, 3.8) is 0 Å². The molecule has 1 aliphatic rings. The van der Waals surface area contributed by atoms with E-state index < -0.39 is 0 Å². The summed E-state index contributed by atoms with van der Waals surface area (Å²) in [6.07, 6.45) is 5.51. The van der Waals surface area contributed by atoms with Gasteiger partial charge in [0, 0.05) is 17.5 Å². The molecule has 1 saturated carbocycles. The monoisotopic (exact) mass is 252 g/mol. The Morgan fingerprint density at radius 3 is 2.88 bits per heavy atom. The third-order valence-electron chi connectivity index (χ3n) is 4.03. The normalized spacial score (nSPS) is 27.3. The van der Waals surface area contributed by atoms with Gasteiger partial charge in [0.25, 0.3) is 0 Å². The predicted molar refractivity (Wildman–Crippen MR) is 75.3 cm³/mol. The van der Waals surface area contributed by atoms with Gasteiger partial charge in [0.15, 0.2) is 0 Å². The molecule has 0 aliphatic heterocycles. The molecule has 96 valence electrons. The van der Waals surface area contributed by atoms with Crippen molar-refractivity contribution in [2.75, 3.05) is 13.6 Å². The molecule has 3 heteroatoms. The van der Waals surface area contributed by atoms with E-state index in [0.29, 0.717) is 0 Å². The summed E-state index contributed by atoms with van der Waals surface area (Å²) in [6.45, 7) is 3.37. The molecule has 1 fully saturated rings. The highest BCUT2D eigenvalue weighted by Gasteiger charge is 2.26. The zero-order valence-corrected chi connectivity index (χ0v) is 11.7. The Morgan fingerprint density at radius 1 is 1.47 bits per heavy atom. The van der Waals surface area contributed by atoms with Crippen LogP contribution in [-0.2, 0) is 0 Å². The Hall–Kier alpha value is -0.380. The second-order valence-corrected chi connectivity index (χ2v) is 6.37. The topological polar surface area (TPSA) is 29.3 Å². The molecule has 0 radical (unpaired) electrons. The summed E-state index contributed by atoms with van der Waals surface area (Å²) in [5, 5.41) is 2.11. The number of nitrogens with two attached hydrogens (primary N) is 1. The SMILES string of the molecule is CC1CCCCC1N(C)CC(N)c1cccs1. The molecule has 2 rings (SSSR count). The van der Waals surface area contributed by atoms with E-state index in [-0.39, 0.29) is 6.04 Å². The summed E-state index contributed by atoms with van der Waals surface area (Å²) in [6, 6.07) is 5.14. The minimum atomic E-state index is 0.175. The van der Waals surface area contributed by atoms with Gasteiger partial charge < -0.3 is 10.6 Å². The molecule has 2 nitrogen and oxygen atoms in total. The van der Waals surface area contributed by atoms with Crippen LogP contribution >= 0.6 is 11.3 Å². The summed E-state index contributed by atoms with van der Waals surface area (Å²) >= 11 is 1.77. The molecule has 0 spiro atoms. The molecule has 1 aromatic heterocycles. The van der Waals surface area contributed by atoms with Gasteiger partial charge in [-0.25, -0.2) is 0 Å². The lowest BCUT2D eigenvalue weighted by Crippen LogP contribution is -2.42. The first-order chi connectivity index (χ1) is 8.18. The van der Waals surface area contributed by atoms with Gasteiger partial charge in [-0.2, -0.15) is 0 Å². The molecule has 0 amide bonds. The number of nitrogens with zero attached hydrogens (tertiary/aromatic N) is 1. The van der Waals surface area contributed by atoms with Gasteiger partial charge in [-0.3, -0.25) is 0 Å². The molecule has 0 saturated heterocycles. The standard InChI is InChI=1S/C14H24N2S/c1-11-6-3-4-7-13(11)16(2)10-12(15)14-8-5-9-17-14/h5,8-9,11-13H,3-4,6-7,10,15H2,1-2H3. The third-order valence-corrected chi connectivity index (χ3v) is 5.03. The smallest absolute Gasteiger partial charge is 0.0519 e. The second kappa shape index (κ2) is 5.98. The largest absolute Gasteiger partial charge is 0.322 e. The Bertz CT molecular complexity index is 323. The maximum Gasteiger partial charge on any atom is 0.0519 e. The number of rotatable bonds is 4. The van der Waals surface area contributed by atoms with Gasteiger partial charge in [-0.15, -0.1) is 11.3 Å². The molecule has 3 unspecified atom stereocenters. The first kappa shape index (κ1) is 13.1. The third kappa shape index (κ3) is 3.30. The Kier molecular flexibility index (Phi) is 4.60. The average molecular weight is 252 g/mol. The van der Waals surface area contributed by atoms with Crippen molar-refractivity contribution < 1.29 is 0 Å². The maximum absolute atomic E-state index is 6.26. The first-order valence-electron chi connectivity index (χ1n) is 6.67. The van der Waals surface area contributed by atoms with Crippen LogP contribution in [0.2, 0.25) is 0 Å². The number of thiophene rings is 1. The minimum Gasteiger partial charge on any atom is -0.322 e. The molecular formula is C14H24N2S. The van der Waals surface area contributed by atoms with E-state index in [1.807, 2.05) is 0 Å². The van der Waals surface area contributed by atoms with Crippen molar-refractivity contribution in [1.82, 2.24) is 4.90 Å². The number of likely N-dealkylation sites (N-methyl/N-ethyl adjacent to an activating group) is 1. The van der Waals surface area contributed by atoms with Gasteiger partial charge >= 0.3 is 0 Å². The molecule has 0 aromatic carbocycles. The second-order valence-electron chi connectivity index (χ2n) is 5.39. The van der Waals surface area contributed by atoms with E-state index in [4.69, 9.17) is 5.73 Å². The first-order valence-corrected chi connectivity index (χ1v) is 7.55. The molecular weight excluding hydrogens is 228 g/mol. The van der Waals surface area contributed by atoms with E-state index in [1.165, 1.54) is 30.6 Å². The van der Waals surface area contributed by atoms with Crippen LogP contribution in [0.15, 0.2) is 17.5 Å². The lowest BCUT2D eigenvalue weighted by atomic mass is 9.85. The fraction of sp³-hybridized carbons (Fsp3) is 0.714. The highest BCUT2D eigenvalue weighted by Crippen LogP contribution is 2.28. The number of hydrogen-bond donors (Lipinski definition) is 1. The quantitative estimate of drug-likeness (QED) is 0.891. The van der Waals surface area contributed by atoms with Crippen LogP contribution in [0.25, 0.3) is 0 Å². The van der Waals surface area contributed by atoms with Crippen molar-refractivity contribution in [3.05, 3.63) is 22.4 Å². The summed E-state index contributed by atoms with van der Waals surface area (Å²) in [5.74, 6) is 0.823. The zero-order chi connectivity index (χ0) is 12.3. The summed E-state index contributed by atoms with van der Waals surface area (Å²) in [4.78, 5) is 3.79. The molecule has 1 aromatic rings. The minimum absolute atomic E-state index is 0.175. The zero-order valence-electron chi connectivity index (χ0n) is 10.9. The molecule has 1 heterocycles. The van der Waals surface area contributed by atoms with E-state index in [0.717, 1.165) is 18.5 Å². The van der Waals surface area contributed by atoms with Crippen LogP contribution in [0.1, 0.15) is 43.5 Å². The van der Waals surface area contributed by atoms with Crippen LogP contribution in [0.5, 0.6) is 0 Å². The average Bonchev–Trinajstić information content (AvgIpc) is 2.82. The number of hydrogen-bond acceptors (Lipinski definition) is 3. The molecule has 17 heavy (non-hydrogen) atoms. The fourth-order valence-electron chi connectivity index (χ4n) is 2.99. The van der Waals surface area contributed by atoms with Crippen LogP contribution in [0.3, 0.4) is 0 Å². The van der Waals surface area contributed by atoms with Crippen molar-refractivity contribution >= 4 is 11.3 Å². The van der Waals surface area contributed by atoms with Crippen LogP contribution < -0.4 is 5.73 Å². The molecule has 0 bridgehead atoms. The van der Waals surface area contributed by atoms with Crippen LogP contribution in [-0.4, -0.2) is 24.5 Å². The van der Waals surface area contributed by atoms with Crippen LogP contribution in [0, 0.1) is 5.92 Å². The summed E-state index contributed by atoms with van der Waals surface area (Å²) in [7, 11) is 2.24. The Balaban J connectivity index is 1.89. The van der Waals surface area contributed by atoms with E-state index in [1.54, 1.807) is 11.3 Å². The molecule has 3 atom stereocenters. The fourth-order valence-corrected chi connectivity index (χ4v) is 3.71. The van der Waals surface area contributed by atoms with Gasteiger partial charge in [0.05, 0.1) is 6.04 Å². The van der Waals surface area contributed by atoms with Crippen LogP contribution in [0.4, 0.5) is 0 Å². The van der Waals surface area contributed by atoms with Gasteiger partial charge in [0.2, 0.25) is 0 Å². The maximum atomic E-state index is 6.26. The van der Waals surface area contributed by atoms with Gasteiger partial charge in [0.1, 0.15) is 0 Å². The molecule has 2 N–H and O–H groups in total. The van der Waals surface area contributed by atoms with E-state index >= 15 is 0 Å². The Morgan fingerprint density at radius 2 is 2.24 bits per heavy atom. The summed E-state index contributed by atoms with van der Waals surface area (Å²) < 4.78 is 0.